The Labute approximate surface area is 127 Å². The summed E-state index contributed by atoms with van der Waals surface area (Å²) in [6.07, 6.45) is 2.70. The summed E-state index contributed by atoms with van der Waals surface area (Å²) in [6, 6.07) is 19.8. The Morgan fingerprint density at radius 3 is 2.52 bits per heavy atom. The minimum atomic E-state index is 0.327. The Bertz CT molecular complexity index is 559. The zero-order valence-electron chi connectivity index (χ0n) is 12.8. The summed E-state index contributed by atoms with van der Waals surface area (Å²) >= 11 is 0. The molecular formula is C19H24N2. The van der Waals surface area contributed by atoms with Gasteiger partial charge in [-0.3, -0.25) is 4.90 Å². The lowest BCUT2D eigenvalue weighted by Crippen LogP contribution is -2.18. The summed E-state index contributed by atoms with van der Waals surface area (Å²) in [5, 5.41) is 3.60. The summed E-state index contributed by atoms with van der Waals surface area (Å²) in [6.45, 7) is 5.79. The first kappa shape index (κ1) is 14.2. The molecule has 0 saturated carbocycles. The Morgan fingerprint density at radius 2 is 1.76 bits per heavy atom. The van der Waals surface area contributed by atoms with E-state index in [1.54, 1.807) is 0 Å². The van der Waals surface area contributed by atoms with Gasteiger partial charge in [-0.15, -0.1) is 0 Å². The maximum absolute atomic E-state index is 3.60. The SMILES string of the molecule is CC(Nc1cccc(CN2CCCC2)c1)c1ccccc1. The van der Waals surface area contributed by atoms with Crippen LogP contribution in [-0.4, -0.2) is 18.0 Å². The van der Waals surface area contributed by atoms with E-state index < -0.39 is 0 Å². The second-order valence-electron chi connectivity index (χ2n) is 5.96. The highest BCUT2D eigenvalue weighted by Gasteiger charge is 2.12. The van der Waals surface area contributed by atoms with E-state index in [9.17, 15) is 0 Å². The first-order valence-corrected chi connectivity index (χ1v) is 7.94. The molecule has 0 bridgehead atoms. The topological polar surface area (TPSA) is 15.3 Å². The minimum absolute atomic E-state index is 0.327. The molecule has 2 nitrogen and oxygen atoms in total. The molecule has 0 radical (unpaired) electrons. The highest BCUT2D eigenvalue weighted by molar-refractivity contribution is 5.47. The van der Waals surface area contributed by atoms with E-state index in [1.807, 2.05) is 0 Å². The highest BCUT2D eigenvalue weighted by atomic mass is 15.1. The number of likely N-dealkylation sites (tertiary alicyclic amines) is 1. The van der Waals surface area contributed by atoms with Crippen LogP contribution in [-0.2, 0) is 6.54 Å². The van der Waals surface area contributed by atoms with Gasteiger partial charge in [-0.2, -0.15) is 0 Å². The Morgan fingerprint density at radius 1 is 1.00 bits per heavy atom. The van der Waals surface area contributed by atoms with Crippen LogP contribution in [0.3, 0.4) is 0 Å². The van der Waals surface area contributed by atoms with Crippen molar-refractivity contribution in [3.63, 3.8) is 0 Å². The van der Waals surface area contributed by atoms with E-state index in [2.05, 4.69) is 71.7 Å². The van der Waals surface area contributed by atoms with Gasteiger partial charge in [0, 0.05) is 18.3 Å². The average Bonchev–Trinajstić information content (AvgIpc) is 3.01. The highest BCUT2D eigenvalue weighted by Crippen LogP contribution is 2.21. The Kier molecular flexibility index (Phi) is 4.56. The monoisotopic (exact) mass is 280 g/mol. The molecule has 110 valence electrons. The van der Waals surface area contributed by atoms with Gasteiger partial charge in [0.25, 0.3) is 0 Å². The number of hydrogen-bond donors (Lipinski definition) is 1. The van der Waals surface area contributed by atoms with E-state index in [-0.39, 0.29) is 0 Å². The first-order chi connectivity index (χ1) is 10.3. The van der Waals surface area contributed by atoms with Crippen molar-refractivity contribution in [2.24, 2.45) is 0 Å². The van der Waals surface area contributed by atoms with E-state index in [4.69, 9.17) is 0 Å². The number of anilines is 1. The van der Waals surface area contributed by atoms with Crippen molar-refractivity contribution in [2.75, 3.05) is 18.4 Å². The number of benzene rings is 2. The molecule has 21 heavy (non-hydrogen) atoms. The summed E-state index contributed by atoms with van der Waals surface area (Å²) in [5.41, 5.74) is 3.94. The van der Waals surface area contributed by atoms with Crippen molar-refractivity contribution in [1.82, 2.24) is 4.90 Å². The standard InChI is InChI=1S/C19H24N2/c1-16(18-9-3-2-4-10-18)20-19-11-7-8-17(14-19)15-21-12-5-6-13-21/h2-4,7-11,14,16,20H,5-6,12-13,15H2,1H3. The molecule has 0 spiro atoms. The summed E-state index contributed by atoms with van der Waals surface area (Å²) < 4.78 is 0. The molecule has 1 aliphatic rings. The molecule has 3 rings (SSSR count). The molecule has 0 aromatic heterocycles. The van der Waals surface area contributed by atoms with Gasteiger partial charge in [-0.1, -0.05) is 42.5 Å². The van der Waals surface area contributed by atoms with Gasteiger partial charge in [-0.25, -0.2) is 0 Å². The fourth-order valence-electron chi connectivity index (χ4n) is 3.03. The molecule has 2 aromatic carbocycles. The van der Waals surface area contributed by atoms with Crippen molar-refractivity contribution in [3.05, 3.63) is 65.7 Å². The van der Waals surface area contributed by atoms with Crippen molar-refractivity contribution >= 4 is 5.69 Å². The molecule has 0 aliphatic carbocycles. The van der Waals surface area contributed by atoms with Crippen LogP contribution in [0.15, 0.2) is 54.6 Å². The fourth-order valence-corrected chi connectivity index (χ4v) is 3.03. The van der Waals surface area contributed by atoms with Gasteiger partial charge < -0.3 is 5.32 Å². The maximum Gasteiger partial charge on any atom is 0.0485 e. The van der Waals surface area contributed by atoms with Crippen LogP contribution in [0.1, 0.15) is 36.9 Å². The molecule has 1 saturated heterocycles. The molecule has 0 amide bonds. The third kappa shape index (κ3) is 3.85. The van der Waals surface area contributed by atoms with Gasteiger partial charge in [0.15, 0.2) is 0 Å². The average molecular weight is 280 g/mol. The molecule has 1 fully saturated rings. The van der Waals surface area contributed by atoms with Crippen LogP contribution >= 0.6 is 0 Å². The van der Waals surface area contributed by atoms with Crippen molar-refractivity contribution in [3.8, 4) is 0 Å². The lowest BCUT2D eigenvalue weighted by Gasteiger charge is -2.18. The third-order valence-corrected chi connectivity index (χ3v) is 4.21. The third-order valence-electron chi connectivity index (χ3n) is 4.21. The summed E-state index contributed by atoms with van der Waals surface area (Å²) in [7, 11) is 0. The molecule has 1 atom stereocenters. The van der Waals surface area contributed by atoms with Gasteiger partial charge in [0.2, 0.25) is 0 Å². The maximum atomic E-state index is 3.60. The Balaban J connectivity index is 1.65. The minimum Gasteiger partial charge on any atom is -0.379 e. The van der Waals surface area contributed by atoms with Gasteiger partial charge in [0.1, 0.15) is 0 Å². The van der Waals surface area contributed by atoms with Gasteiger partial charge in [-0.05, 0) is 56.1 Å². The van der Waals surface area contributed by atoms with E-state index >= 15 is 0 Å². The van der Waals surface area contributed by atoms with Crippen LogP contribution < -0.4 is 5.32 Å². The number of nitrogens with one attached hydrogen (secondary N) is 1. The quantitative estimate of drug-likeness (QED) is 0.870. The molecule has 2 heteroatoms. The van der Waals surface area contributed by atoms with E-state index in [1.165, 1.54) is 42.7 Å². The normalized spacial score (nSPS) is 16.8. The lowest BCUT2D eigenvalue weighted by molar-refractivity contribution is 0.331. The molecular weight excluding hydrogens is 256 g/mol. The molecule has 2 aromatic rings. The molecule has 1 unspecified atom stereocenters. The molecule has 1 N–H and O–H groups in total. The predicted molar refractivity (Wildman–Crippen MR) is 89.4 cm³/mol. The van der Waals surface area contributed by atoms with Crippen molar-refractivity contribution in [2.45, 2.75) is 32.4 Å². The van der Waals surface area contributed by atoms with Crippen LogP contribution in [0.25, 0.3) is 0 Å². The van der Waals surface area contributed by atoms with Crippen LogP contribution in [0, 0.1) is 0 Å². The van der Waals surface area contributed by atoms with Crippen LogP contribution in [0.2, 0.25) is 0 Å². The molecule has 1 heterocycles. The fraction of sp³-hybridized carbons (Fsp3) is 0.368. The molecule has 1 aliphatic heterocycles. The second kappa shape index (κ2) is 6.77. The van der Waals surface area contributed by atoms with Crippen LogP contribution in [0.5, 0.6) is 0 Å². The predicted octanol–water partition coefficient (Wildman–Crippen LogP) is 4.46. The summed E-state index contributed by atoms with van der Waals surface area (Å²) in [4.78, 5) is 2.54. The number of rotatable bonds is 5. The van der Waals surface area contributed by atoms with Crippen molar-refractivity contribution in [1.29, 1.82) is 0 Å². The Hall–Kier alpha value is -1.80. The van der Waals surface area contributed by atoms with Gasteiger partial charge >= 0.3 is 0 Å². The first-order valence-electron chi connectivity index (χ1n) is 7.94. The van der Waals surface area contributed by atoms with Crippen molar-refractivity contribution < 1.29 is 0 Å². The zero-order valence-corrected chi connectivity index (χ0v) is 12.8. The number of nitrogens with zero attached hydrogens (tertiary/aromatic N) is 1. The number of hydrogen-bond acceptors (Lipinski definition) is 2. The smallest absolute Gasteiger partial charge is 0.0485 e. The van der Waals surface area contributed by atoms with Crippen LogP contribution in [0.4, 0.5) is 5.69 Å². The summed E-state index contributed by atoms with van der Waals surface area (Å²) in [5.74, 6) is 0. The van der Waals surface area contributed by atoms with Gasteiger partial charge in [0.05, 0.1) is 0 Å². The largest absolute Gasteiger partial charge is 0.379 e. The van der Waals surface area contributed by atoms with E-state index in [0.717, 1.165) is 6.54 Å². The van der Waals surface area contributed by atoms with E-state index in [0.29, 0.717) is 6.04 Å². The second-order valence-corrected chi connectivity index (χ2v) is 5.96. The zero-order chi connectivity index (χ0) is 14.5. The lowest BCUT2D eigenvalue weighted by atomic mass is 10.1.